The van der Waals surface area contributed by atoms with E-state index >= 15 is 0 Å². The molecular formula is C27H33N3O4S. The van der Waals surface area contributed by atoms with Crippen LogP contribution in [-0.2, 0) is 16.1 Å². The Bertz CT molecular complexity index is 1110. The smallest absolute Gasteiger partial charge is 0.329 e. The minimum Gasteiger partial charge on any atom is -0.497 e. The number of thioether (sulfide) groups is 1. The lowest BCUT2D eigenvalue weighted by molar-refractivity contribution is -0.142. The molecule has 2 aromatic carbocycles. The summed E-state index contributed by atoms with van der Waals surface area (Å²) in [5.41, 5.74) is 10.2. The van der Waals surface area contributed by atoms with Crippen molar-refractivity contribution in [3.05, 3.63) is 54.6 Å². The standard InChI is InChI=1S/C27H33N3O4S/c1-33-23-9-5-8-22(14-23)25-26(21-6-3-2-4-7-21)29-30(27(25)35-18-28)15-19-10-12-20(13-11-19)16-34-17-24(31)32/h2-9,14,19-20H,10-13,15-18,28H2,1H3,(H,31,32). The molecule has 0 radical (unpaired) electrons. The molecule has 8 heteroatoms. The van der Waals surface area contributed by atoms with E-state index in [4.69, 9.17) is 25.4 Å². The van der Waals surface area contributed by atoms with E-state index in [0.29, 0.717) is 24.3 Å². The highest BCUT2D eigenvalue weighted by Gasteiger charge is 2.26. The van der Waals surface area contributed by atoms with Gasteiger partial charge in [0.05, 0.1) is 13.7 Å². The third-order valence-electron chi connectivity index (χ3n) is 6.51. The minimum atomic E-state index is -0.914. The van der Waals surface area contributed by atoms with E-state index in [1.54, 1.807) is 18.9 Å². The minimum absolute atomic E-state index is 0.220. The highest BCUT2D eigenvalue weighted by atomic mass is 32.2. The lowest BCUT2D eigenvalue weighted by atomic mass is 9.82. The first-order valence-corrected chi connectivity index (χ1v) is 13.0. The number of aliphatic carboxylic acids is 1. The number of aromatic nitrogens is 2. The van der Waals surface area contributed by atoms with Gasteiger partial charge >= 0.3 is 5.97 Å². The van der Waals surface area contributed by atoms with Crippen LogP contribution < -0.4 is 10.5 Å². The Kier molecular flexibility index (Phi) is 8.84. The lowest BCUT2D eigenvalue weighted by Gasteiger charge is -2.28. The molecule has 0 aliphatic heterocycles. The second-order valence-electron chi connectivity index (χ2n) is 8.92. The second-order valence-corrected chi connectivity index (χ2v) is 9.92. The molecule has 35 heavy (non-hydrogen) atoms. The molecule has 3 aromatic rings. The molecular weight excluding hydrogens is 462 g/mol. The van der Waals surface area contributed by atoms with Crippen LogP contribution >= 0.6 is 11.8 Å². The van der Waals surface area contributed by atoms with Gasteiger partial charge in [0.25, 0.3) is 0 Å². The van der Waals surface area contributed by atoms with Crippen LogP contribution in [0.1, 0.15) is 25.7 Å². The second kappa shape index (κ2) is 12.2. The molecule has 0 saturated heterocycles. The van der Waals surface area contributed by atoms with Crippen molar-refractivity contribution in [3.63, 3.8) is 0 Å². The maximum absolute atomic E-state index is 10.7. The monoisotopic (exact) mass is 495 g/mol. The van der Waals surface area contributed by atoms with Gasteiger partial charge in [-0.2, -0.15) is 5.10 Å². The molecule has 1 saturated carbocycles. The first-order valence-electron chi connectivity index (χ1n) is 12.0. The molecule has 7 nitrogen and oxygen atoms in total. The summed E-state index contributed by atoms with van der Waals surface area (Å²) in [6.45, 7) is 1.13. The van der Waals surface area contributed by atoms with Crippen molar-refractivity contribution in [1.82, 2.24) is 9.78 Å². The summed E-state index contributed by atoms with van der Waals surface area (Å²) in [4.78, 5) is 10.7. The van der Waals surface area contributed by atoms with Crippen LogP contribution in [0.5, 0.6) is 5.75 Å². The number of nitrogens with zero attached hydrogens (tertiary/aromatic N) is 2. The highest BCUT2D eigenvalue weighted by Crippen LogP contribution is 2.41. The summed E-state index contributed by atoms with van der Waals surface area (Å²) in [6, 6.07) is 18.4. The first kappa shape index (κ1) is 25.3. The predicted octanol–water partition coefficient (Wildman–Crippen LogP) is 5.14. The number of hydrogen-bond acceptors (Lipinski definition) is 6. The zero-order valence-corrected chi connectivity index (χ0v) is 20.9. The summed E-state index contributed by atoms with van der Waals surface area (Å²) in [6.07, 6.45) is 4.23. The van der Waals surface area contributed by atoms with Crippen molar-refractivity contribution in [2.24, 2.45) is 17.6 Å². The molecule has 1 aromatic heterocycles. The van der Waals surface area contributed by atoms with Gasteiger partial charge in [-0.25, -0.2) is 4.79 Å². The third-order valence-corrected chi connectivity index (χ3v) is 7.36. The molecule has 3 N–H and O–H groups in total. The average Bonchev–Trinajstić information content (AvgIpc) is 3.23. The number of methoxy groups -OCH3 is 1. The number of carbonyl (C=O) groups is 1. The van der Waals surface area contributed by atoms with Gasteiger partial charge in [0.2, 0.25) is 0 Å². The molecule has 0 unspecified atom stereocenters. The summed E-state index contributed by atoms with van der Waals surface area (Å²) in [7, 11) is 1.68. The van der Waals surface area contributed by atoms with Crippen molar-refractivity contribution >= 4 is 17.7 Å². The summed E-state index contributed by atoms with van der Waals surface area (Å²) >= 11 is 1.62. The molecule has 1 aliphatic carbocycles. The quantitative estimate of drug-likeness (QED) is 0.281. The molecule has 4 rings (SSSR count). The average molecular weight is 496 g/mol. The van der Waals surface area contributed by atoms with Gasteiger partial charge in [0, 0.05) is 23.5 Å². The Labute approximate surface area is 210 Å². The van der Waals surface area contributed by atoms with Crippen molar-refractivity contribution in [3.8, 4) is 28.1 Å². The van der Waals surface area contributed by atoms with Gasteiger partial charge in [-0.15, -0.1) is 0 Å². The summed E-state index contributed by atoms with van der Waals surface area (Å²) in [5, 5.41) is 15.0. The van der Waals surface area contributed by atoms with Gasteiger partial charge < -0.3 is 20.3 Å². The molecule has 1 heterocycles. The van der Waals surface area contributed by atoms with Crippen molar-refractivity contribution in [1.29, 1.82) is 0 Å². The van der Waals surface area contributed by atoms with Crippen molar-refractivity contribution in [2.75, 3.05) is 26.2 Å². The van der Waals surface area contributed by atoms with Crippen LogP contribution in [0.4, 0.5) is 0 Å². The maximum atomic E-state index is 10.7. The van der Waals surface area contributed by atoms with E-state index in [-0.39, 0.29) is 6.61 Å². The van der Waals surface area contributed by atoms with Crippen LogP contribution in [0, 0.1) is 11.8 Å². The van der Waals surface area contributed by atoms with Gasteiger partial charge in [-0.05, 0) is 55.2 Å². The fourth-order valence-electron chi connectivity index (χ4n) is 4.77. The molecule has 1 fully saturated rings. The summed E-state index contributed by atoms with van der Waals surface area (Å²) < 4.78 is 13.0. The zero-order valence-electron chi connectivity index (χ0n) is 20.1. The lowest BCUT2D eigenvalue weighted by Crippen LogP contribution is -2.23. The fraction of sp³-hybridized carbons (Fsp3) is 0.407. The first-order chi connectivity index (χ1) is 17.1. The maximum Gasteiger partial charge on any atom is 0.329 e. The number of hydrogen-bond donors (Lipinski definition) is 2. The summed E-state index contributed by atoms with van der Waals surface area (Å²) in [5.74, 6) is 1.28. The van der Waals surface area contributed by atoms with Gasteiger partial charge in [-0.3, -0.25) is 4.68 Å². The Hall–Kier alpha value is -2.81. The van der Waals surface area contributed by atoms with Gasteiger partial charge in [0.1, 0.15) is 23.1 Å². The van der Waals surface area contributed by atoms with Crippen molar-refractivity contribution in [2.45, 2.75) is 37.3 Å². The number of carboxylic acid groups (broad SMARTS) is 1. The Morgan fingerprint density at radius 3 is 2.49 bits per heavy atom. The molecule has 186 valence electrons. The molecule has 0 spiro atoms. The Morgan fingerprint density at radius 1 is 1.09 bits per heavy atom. The number of rotatable bonds is 11. The Morgan fingerprint density at radius 2 is 1.80 bits per heavy atom. The SMILES string of the molecule is COc1cccc(-c2c(-c3ccccc3)nn(CC3CCC(COCC(=O)O)CC3)c2SCN)c1. The molecule has 0 amide bonds. The molecule has 0 atom stereocenters. The highest BCUT2D eigenvalue weighted by molar-refractivity contribution is 7.99. The molecule has 1 aliphatic rings. The number of ether oxygens (including phenoxy) is 2. The van der Waals surface area contributed by atoms with Crippen molar-refractivity contribution < 1.29 is 19.4 Å². The number of benzene rings is 2. The van der Waals surface area contributed by atoms with Crippen LogP contribution in [0.3, 0.4) is 0 Å². The topological polar surface area (TPSA) is 99.6 Å². The number of nitrogens with two attached hydrogens (primary N) is 1. The normalized spacial score (nSPS) is 17.9. The largest absolute Gasteiger partial charge is 0.497 e. The zero-order chi connectivity index (χ0) is 24.6. The third kappa shape index (κ3) is 6.45. The van der Waals surface area contributed by atoms with E-state index in [1.807, 2.05) is 30.3 Å². The van der Waals surface area contributed by atoms with E-state index in [2.05, 4.69) is 28.9 Å². The van der Waals surface area contributed by atoms with Gasteiger partial charge in [0.15, 0.2) is 0 Å². The molecule has 0 bridgehead atoms. The van der Waals surface area contributed by atoms with Crippen LogP contribution in [0.25, 0.3) is 22.4 Å². The predicted molar refractivity (Wildman–Crippen MR) is 138 cm³/mol. The van der Waals surface area contributed by atoms with E-state index in [9.17, 15) is 4.79 Å². The van der Waals surface area contributed by atoms with Gasteiger partial charge in [-0.1, -0.05) is 54.2 Å². The fourth-order valence-corrected chi connectivity index (χ4v) is 5.55. The van der Waals surface area contributed by atoms with Crippen LogP contribution in [0.15, 0.2) is 59.6 Å². The van der Waals surface area contributed by atoms with Crippen LogP contribution in [0.2, 0.25) is 0 Å². The van der Waals surface area contributed by atoms with E-state index < -0.39 is 5.97 Å². The van der Waals surface area contributed by atoms with E-state index in [0.717, 1.165) is 65.4 Å². The Balaban J connectivity index is 1.60. The van der Waals surface area contributed by atoms with Crippen LogP contribution in [-0.4, -0.2) is 47.1 Å². The van der Waals surface area contributed by atoms with E-state index in [1.165, 1.54) is 0 Å². The number of carboxylic acids is 1.